The van der Waals surface area contributed by atoms with Crippen LogP contribution in [0.25, 0.3) is 0 Å². The van der Waals surface area contributed by atoms with Gasteiger partial charge in [-0.15, -0.1) is 0 Å². The van der Waals surface area contributed by atoms with Crippen molar-refractivity contribution in [2.75, 3.05) is 0 Å². The van der Waals surface area contributed by atoms with E-state index >= 15 is 0 Å². The summed E-state index contributed by atoms with van der Waals surface area (Å²) in [6, 6.07) is 0. The summed E-state index contributed by atoms with van der Waals surface area (Å²) in [5, 5.41) is 0. The van der Waals surface area contributed by atoms with E-state index in [2.05, 4.69) is 0 Å². The van der Waals surface area contributed by atoms with Gasteiger partial charge in [-0.2, -0.15) is 0 Å². The SMILES string of the molecule is C.C.C.[Fe]. The normalized spacial score (nSPS) is 0. The predicted molar refractivity (Wildman–Crippen MR) is 20.2 cm³/mol. The van der Waals surface area contributed by atoms with Gasteiger partial charge in [0.15, 0.2) is 0 Å². The molecule has 0 aliphatic carbocycles. The van der Waals surface area contributed by atoms with Gasteiger partial charge < -0.3 is 0 Å². The van der Waals surface area contributed by atoms with Crippen molar-refractivity contribution in [2.24, 2.45) is 0 Å². The van der Waals surface area contributed by atoms with Gasteiger partial charge in [0, 0.05) is 17.1 Å². The molecule has 32 valence electrons. The van der Waals surface area contributed by atoms with Gasteiger partial charge in [0.2, 0.25) is 0 Å². The fourth-order valence-corrected chi connectivity index (χ4v) is 0. The van der Waals surface area contributed by atoms with Crippen LogP contribution >= 0.6 is 0 Å². The summed E-state index contributed by atoms with van der Waals surface area (Å²) in [7, 11) is 0. The summed E-state index contributed by atoms with van der Waals surface area (Å²) in [6.07, 6.45) is 0. The molecule has 4 heavy (non-hydrogen) atoms. The molecular formula is C3H12Fe. The van der Waals surface area contributed by atoms with Gasteiger partial charge in [-0.3, -0.25) is 0 Å². The average Bonchev–Trinajstić information content (AvgIpc) is 0. The third kappa shape index (κ3) is 21.6. The molecule has 0 fully saturated rings. The van der Waals surface area contributed by atoms with Crippen LogP contribution < -0.4 is 0 Å². The molecule has 0 rings (SSSR count). The molecule has 0 saturated carbocycles. The molecule has 0 radical (unpaired) electrons. The maximum Gasteiger partial charge on any atom is 0 e. The van der Waals surface area contributed by atoms with E-state index in [1.54, 1.807) is 0 Å². The van der Waals surface area contributed by atoms with E-state index < -0.39 is 0 Å². The van der Waals surface area contributed by atoms with Crippen molar-refractivity contribution < 1.29 is 17.1 Å². The number of rotatable bonds is 0. The minimum absolute atomic E-state index is 0. The first-order chi connectivity index (χ1) is 0. The van der Waals surface area contributed by atoms with Crippen molar-refractivity contribution in [2.45, 2.75) is 22.3 Å². The zero-order valence-electron chi connectivity index (χ0n) is 0.354. The van der Waals surface area contributed by atoms with Crippen LogP contribution in [0.1, 0.15) is 22.3 Å². The Bertz CT molecular complexity index is 3.25. The van der Waals surface area contributed by atoms with Crippen molar-refractivity contribution >= 4 is 0 Å². The molecule has 0 heterocycles. The van der Waals surface area contributed by atoms with Crippen LogP contribution in [-0.2, 0) is 17.1 Å². The summed E-state index contributed by atoms with van der Waals surface area (Å²) in [4.78, 5) is 0. The first-order valence-corrected chi connectivity index (χ1v) is 0. The molecule has 0 nitrogen and oxygen atoms in total. The zero-order valence-corrected chi connectivity index (χ0v) is 1.46. The van der Waals surface area contributed by atoms with E-state index in [1.807, 2.05) is 0 Å². The second-order valence-corrected chi connectivity index (χ2v) is 0. The second kappa shape index (κ2) is 82.8. The van der Waals surface area contributed by atoms with Crippen LogP contribution in [0.15, 0.2) is 0 Å². The van der Waals surface area contributed by atoms with E-state index in [9.17, 15) is 0 Å². The van der Waals surface area contributed by atoms with E-state index in [-0.39, 0.29) is 39.3 Å². The van der Waals surface area contributed by atoms with Crippen molar-refractivity contribution in [3.8, 4) is 0 Å². The summed E-state index contributed by atoms with van der Waals surface area (Å²) >= 11 is 0. The summed E-state index contributed by atoms with van der Waals surface area (Å²) in [5.41, 5.74) is 0. The molecule has 0 amide bonds. The van der Waals surface area contributed by atoms with E-state index in [0.29, 0.717) is 0 Å². The Morgan fingerprint density at radius 2 is 0.500 bits per heavy atom. The van der Waals surface area contributed by atoms with Crippen molar-refractivity contribution in [3.05, 3.63) is 0 Å². The van der Waals surface area contributed by atoms with Crippen LogP contribution in [0.2, 0.25) is 0 Å². The molecular weight excluding hydrogens is 91.9 g/mol. The first-order valence-electron chi connectivity index (χ1n) is 0. The molecule has 0 saturated heterocycles. The Hall–Kier alpha value is 0.519. The van der Waals surface area contributed by atoms with Gasteiger partial charge in [-0.25, -0.2) is 0 Å². The van der Waals surface area contributed by atoms with E-state index in [4.69, 9.17) is 0 Å². The zero-order chi connectivity index (χ0) is 0. The van der Waals surface area contributed by atoms with Crippen LogP contribution in [0.3, 0.4) is 0 Å². The monoisotopic (exact) mass is 104 g/mol. The summed E-state index contributed by atoms with van der Waals surface area (Å²) < 4.78 is 0. The molecule has 0 atom stereocenters. The van der Waals surface area contributed by atoms with Gasteiger partial charge >= 0.3 is 0 Å². The third-order valence-electron chi connectivity index (χ3n) is 0. The number of hydrogen-bond acceptors (Lipinski definition) is 0. The maximum atomic E-state index is 0. The van der Waals surface area contributed by atoms with Gasteiger partial charge in [0.25, 0.3) is 0 Å². The molecule has 0 aliphatic heterocycles. The van der Waals surface area contributed by atoms with Gasteiger partial charge in [0.05, 0.1) is 0 Å². The molecule has 0 aromatic carbocycles. The first kappa shape index (κ1) is 207. The van der Waals surface area contributed by atoms with Crippen LogP contribution in [0.4, 0.5) is 0 Å². The quantitative estimate of drug-likeness (QED) is 0.411. The van der Waals surface area contributed by atoms with Crippen LogP contribution in [0.5, 0.6) is 0 Å². The van der Waals surface area contributed by atoms with Crippen molar-refractivity contribution in [1.29, 1.82) is 0 Å². The Morgan fingerprint density at radius 1 is 0.500 bits per heavy atom. The molecule has 0 unspecified atom stereocenters. The minimum atomic E-state index is 0. The topological polar surface area (TPSA) is 0 Å². The van der Waals surface area contributed by atoms with E-state index in [1.165, 1.54) is 0 Å². The van der Waals surface area contributed by atoms with Gasteiger partial charge in [-0.1, -0.05) is 22.3 Å². The Labute approximate surface area is 40.1 Å². The second-order valence-electron chi connectivity index (χ2n) is 0. The third-order valence-corrected chi connectivity index (χ3v) is 0. The maximum absolute atomic E-state index is 0. The molecule has 0 aromatic rings. The predicted octanol–water partition coefficient (Wildman–Crippen LogP) is 1.91. The minimum Gasteiger partial charge on any atom is -0.0776 e. The molecule has 0 aromatic heterocycles. The van der Waals surface area contributed by atoms with Crippen molar-refractivity contribution in [1.82, 2.24) is 0 Å². The summed E-state index contributed by atoms with van der Waals surface area (Å²) in [5.74, 6) is 0. The number of hydrogen-bond donors (Lipinski definition) is 0. The fraction of sp³-hybridized carbons (Fsp3) is 1.00. The fourth-order valence-electron chi connectivity index (χ4n) is 0. The molecule has 0 aliphatic rings. The average molecular weight is 104 g/mol. The van der Waals surface area contributed by atoms with Gasteiger partial charge in [-0.05, 0) is 0 Å². The van der Waals surface area contributed by atoms with Gasteiger partial charge in [0.1, 0.15) is 0 Å². The Kier molecular flexibility index (Phi) is 4290. The smallest absolute Gasteiger partial charge is 0 e. The summed E-state index contributed by atoms with van der Waals surface area (Å²) in [6.45, 7) is 0. The molecule has 0 bridgehead atoms. The largest absolute Gasteiger partial charge is 0.0776 e. The standard InChI is InChI=1S/3CH4.Fe/h3*1H4;. The van der Waals surface area contributed by atoms with E-state index in [0.717, 1.165) is 0 Å². The molecule has 0 N–H and O–H groups in total. The van der Waals surface area contributed by atoms with Crippen LogP contribution in [-0.4, -0.2) is 0 Å². The molecule has 1 heteroatoms. The van der Waals surface area contributed by atoms with Crippen molar-refractivity contribution in [3.63, 3.8) is 0 Å². The molecule has 0 spiro atoms. The Morgan fingerprint density at radius 3 is 0.500 bits per heavy atom. The van der Waals surface area contributed by atoms with Crippen LogP contribution in [0, 0.1) is 0 Å². The Balaban J connectivity index is 0.